The zero-order chi connectivity index (χ0) is 24.0. The van der Waals surface area contributed by atoms with Gasteiger partial charge in [-0.15, -0.1) is 0 Å². The molecule has 2 fully saturated rings. The van der Waals surface area contributed by atoms with E-state index in [2.05, 4.69) is 20.2 Å². The summed E-state index contributed by atoms with van der Waals surface area (Å²) in [6, 6.07) is 3.71. The molecule has 1 saturated heterocycles. The van der Waals surface area contributed by atoms with Gasteiger partial charge in [-0.2, -0.15) is 10.2 Å². The van der Waals surface area contributed by atoms with E-state index >= 15 is 0 Å². The molecule has 3 aromatic rings. The highest BCUT2D eigenvalue weighted by Crippen LogP contribution is 2.56. The van der Waals surface area contributed by atoms with Gasteiger partial charge < -0.3 is 10.0 Å². The lowest BCUT2D eigenvalue weighted by molar-refractivity contribution is -0.104. The highest BCUT2D eigenvalue weighted by molar-refractivity contribution is 6.35. The molecule has 1 aliphatic carbocycles. The van der Waals surface area contributed by atoms with Crippen molar-refractivity contribution >= 4 is 22.4 Å². The lowest BCUT2D eigenvalue weighted by Crippen LogP contribution is -2.63. The number of halogens is 1. The molecule has 2 aliphatic rings. The smallest absolute Gasteiger partial charge is 0.275 e. The molecule has 2 aromatic heterocycles. The van der Waals surface area contributed by atoms with Crippen molar-refractivity contribution in [2.75, 3.05) is 26.2 Å². The summed E-state index contributed by atoms with van der Waals surface area (Å²) in [5.74, 6) is 0.352. The van der Waals surface area contributed by atoms with Crippen LogP contribution in [0.25, 0.3) is 10.8 Å². The van der Waals surface area contributed by atoms with E-state index in [4.69, 9.17) is 11.6 Å². The largest absolute Gasteiger partial charge is 0.396 e. The van der Waals surface area contributed by atoms with E-state index in [0.29, 0.717) is 21.7 Å². The van der Waals surface area contributed by atoms with Crippen LogP contribution in [0.3, 0.4) is 0 Å². The molecule has 1 spiro atoms. The second-order valence-corrected chi connectivity index (χ2v) is 10.5. The van der Waals surface area contributed by atoms with Crippen molar-refractivity contribution < 1.29 is 5.11 Å². The molecule has 1 unspecified atom stereocenters. The number of hydrogen-bond donors (Lipinski definition) is 2. The van der Waals surface area contributed by atoms with Gasteiger partial charge in [-0.05, 0) is 67.7 Å². The monoisotopic (exact) mass is 483 g/mol. The Kier molecular flexibility index (Phi) is 6.08. The molecular formula is C25H30ClN5O3. The van der Waals surface area contributed by atoms with Crippen LogP contribution in [0.1, 0.15) is 41.9 Å². The van der Waals surface area contributed by atoms with Crippen molar-refractivity contribution in [3.63, 3.8) is 0 Å². The Morgan fingerprint density at radius 2 is 2.03 bits per heavy atom. The van der Waals surface area contributed by atoms with Crippen LogP contribution in [0, 0.1) is 18.3 Å². The molecule has 180 valence electrons. The van der Waals surface area contributed by atoms with Gasteiger partial charge in [0, 0.05) is 37.0 Å². The first kappa shape index (κ1) is 23.2. The van der Waals surface area contributed by atoms with Gasteiger partial charge in [0.05, 0.1) is 29.4 Å². The van der Waals surface area contributed by atoms with E-state index in [-0.39, 0.29) is 23.6 Å². The van der Waals surface area contributed by atoms with Gasteiger partial charge in [-0.3, -0.25) is 9.59 Å². The number of H-pyrrole nitrogens is 1. The normalized spacial score (nSPS) is 18.7. The van der Waals surface area contributed by atoms with Crippen LogP contribution in [0.4, 0.5) is 0 Å². The number of fused-ring (bicyclic) bond motifs is 1. The quantitative estimate of drug-likeness (QED) is 0.534. The molecule has 1 aromatic carbocycles. The highest BCUT2D eigenvalue weighted by Gasteiger charge is 2.53. The Balaban J connectivity index is 1.20. The molecule has 0 bridgehead atoms. The highest BCUT2D eigenvalue weighted by atomic mass is 35.5. The average molecular weight is 484 g/mol. The minimum atomic E-state index is -0.216. The lowest BCUT2D eigenvalue weighted by Gasteiger charge is -2.61. The van der Waals surface area contributed by atoms with Crippen molar-refractivity contribution in [1.29, 1.82) is 0 Å². The zero-order valence-corrected chi connectivity index (χ0v) is 20.3. The Morgan fingerprint density at radius 1 is 1.26 bits per heavy atom. The number of nitrogens with zero attached hydrogens (tertiary/aromatic N) is 4. The van der Waals surface area contributed by atoms with Gasteiger partial charge in [-0.25, -0.2) is 9.78 Å². The Labute approximate surface area is 202 Å². The van der Waals surface area contributed by atoms with E-state index in [9.17, 15) is 14.7 Å². The fourth-order valence-corrected chi connectivity index (χ4v) is 6.29. The van der Waals surface area contributed by atoms with E-state index in [1.54, 1.807) is 25.5 Å². The molecule has 8 nitrogen and oxygen atoms in total. The van der Waals surface area contributed by atoms with Crippen molar-refractivity contribution in [3.8, 4) is 0 Å². The second-order valence-electron chi connectivity index (χ2n) is 10.1. The molecule has 5 rings (SSSR count). The lowest BCUT2D eigenvalue weighted by atomic mass is 9.54. The number of aromatic amines is 1. The Bertz CT molecular complexity index is 1340. The summed E-state index contributed by atoms with van der Waals surface area (Å²) in [5, 5.41) is 22.5. The summed E-state index contributed by atoms with van der Waals surface area (Å²) in [6.07, 6.45) is 7.47. The summed E-state index contributed by atoms with van der Waals surface area (Å²) in [7, 11) is 1.61. The molecule has 9 heteroatoms. The zero-order valence-electron chi connectivity index (χ0n) is 19.6. The van der Waals surface area contributed by atoms with Gasteiger partial charge in [0.25, 0.3) is 11.1 Å². The number of aryl methyl sites for hydroxylation is 2. The first-order valence-corrected chi connectivity index (χ1v) is 12.2. The van der Waals surface area contributed by atoms with Crippen LogP contribution in [-0.4, -0.2) is 56.2 Å². The maximum atomic E-state index is 12.6. The maximum absolute atomic E-state index is 12.6. The van der Waals surface area contributed by atoms with Crippen LogP contribution in [0.5, 0.6) is 0 Å². The van der Waals surface area contributed by atoms with Crippen LogP contribution in [0.15, 0.2) is 34.1 Å². The molecule has 34 heavy (non-hydrogen) atoms. The van der Waals surface area contributed by atoms with Gasteiger partial charge in [-0.1, -0.05) is 17.7 Å². The van der Waals surface area contributed by atoms with Gasteiger partial charge in [0.1, 0.15) is 0 Å². The van der Waals surface area contributed by atoms with Crippen LogP contribution in [0.2, 0.25) is 5.02 Å². The van der Waals surface area contributed by atoms with Crippen molar-refractivity contribution in [2.45, 2.75) is 38.5 Å². The molecule has 1 atom stereocenters. The molecule has 0 radical (unpaired) electrons. The molecule has 1 aliphatic heterocycles. The third kappa shape index (κ3) is 3.97. The third-order valence-corrected chi connectivity index (χ3v) is 8.21. The number of nitrogens with one attached hydrogen (secondary N) is 1. The predicted octanol–water partition coefficient (Wildman–Crippen LogP) is 2.40. The van der Waals surface area contributed by atoms with Crippen molar-refractivity contribution in [2.24, 2.45) is 18.4 Å². The van der Waals surface area contributed by atoms with Crippen LogP contribution >= 0.6 is 11.6 Å². The number of likely N-dealkylation sites (tertiary alicyclic amines) is 1. The maximum Gasteiger partial charge on any atom is 0.275 e. The van der Waals surface area contributed by atoms with E-state index in [0.717, 1.165) is 67.4 Å². The van der Waals surface area contributed by atoms with E-state index in [1.807, 2.05) is 13.0 Å². The van der Waals surface area contributed by atoms with E-state index < -0.39 is 0 Å². The van der Waals surface area contributed by atoms with Crippen molar-refractivity contribution in [3.05, 3.63) is 66.9 Å². The standard InChI is InChI=1S/C25H30ClN5O3/c1-15-16(10-27-29-23(15)33)4-3-7-31-13-25(14-31)8-17(9-25)20(12-32)18-5-6-21(26)22-19(18)11-28-30(2)24(22)34/h5-6,10-11,17,20,32H,3-4,7-9,12-14H2,1-2H3,(H,29,33). The number of aliphatic hydroxyl groups is 1. The SMILES string of the molecule is Cc1c(CCCN2CC3(CC(C(CO)c4ccc(Cl)c5c(=O)n(C)ncc45)C3)C2)cn[nH]c1=O. The fourth-order valence-electron chi connectivity index (χ4n) is 6.05. The topological polar surface area (TPSA) is 104 Å². The Morgan fingerprint density at radius 3 is 2.76 bits per heavy atom. The molecule has 3 heterocycles. The number of aromatic nitrogens is 4. The third-order valence-electron chi connectivity index (χ3n) is 7.90. The molecular weight excluding hydrogens is 454 g/mol. The minimum absolute atomic E-state index is 0.0278. The average Bonchev–Trinajstić information content (AvgIpc) is 2.76. The molecule has 1 saturated carbocycles. The van der Waals surface area contributed by atoms with Gasteiger partial charge in [0.15, 0.2) is 0 Å². The van der Waals surface area contributed by atoms with Crippen LogP contribution in [-0.2, 0) is 13.5 Å². The summed E-state index contributed by atoms with van der Waals surface area (Å²) < 4.78 is 1.29. The summed E-state index contributed by atoms with van der Waals surface area (Å²) >= 11 is 6.34. The van der Waals surface area contributed by atoms with Crippen molar-refractivity contribution in [1.82, 2.24) is 24.9 Å². The number of hydrogen-bond acceptors (Lipinski definition) is 6. The number of aliphatic hydroxyl groups excluding tert-OH is 1. The predicted molar refractivity (Wildman–Crippen MR) is 131 cm³/mol. The molecule has 0 amide bonds. The summed E-state index contributed by atoms with van der Waals surface area (Å²) in [6.45, 7) is 5.06. The van der Waals surface area contributed by atoms with Gasteiger partial charge >= 0.3 is 0 Å². The Hall–Kier alpha value is -2.55. The summed E-state index contributed by atoms with van der Waals surface area (Å²) in [4.78, 5) is 26.8. The number of rotatable bonds is 7. The molecule has 2 N–H and O–H groups in total. The van der Waals surface area contributed by atoms with Gasteiger partial charge in [0.2, 0.25) is 0 Å². The first-order valence-electron chi connectivity index (χ1n) is 11.8. The summed E-state index contributed by atoms with van der Waals surface area (Å²) in [5.41, 5.74) is 2.76. The first-order chi connectivity index (χ1) is 16.3. The minimum Gasteiger partial charge on any atom is -0.396 e. The fraction of sp³-hybridized carbons (Fsp3) is 0.520. The number of benzene rings is 1. The van der Waals surface area contributed by atoms with Crippen LogP contribution < -0.4 is 11.1 Å². The second kappa shape index (κ2) is 8.91. The van der Waals surface area contributed by atoms with E-state index in [1.165, 1.54) is 4.68 Å².